The molecule has 0 atom stereocenters. The van der Waals surface area contributed by atoms with E-state index in [1.165, 1.54) is 0 Å². The van der Waals surface area contributed by atoms with Gasteiger partial charge in [-0.1, -0.05) is 78.9 Å². The van der Waals surface area contributed by atoms with Crippen LogP contribution < -0.4 is 5.32 Å². The predicted molar refractivity (Wildman–Crippen MR) is 91.3 cm³/mol. The van der Waals surface area contributed by atoms with Crippen LogP contribution in [0.5, 0.6) is 0 Å². The number of hydrogen-bond acceptors (Lipinski definition) is 2. The second-order valence-corrected chi connectivity index (χ2v) is 5.41. The summed E-state index contributed by atoms with van der Waals surface area (Å²) in [5, 5.41) is 3.65. The Bertz CT molecular complexity index is 768. The van der Waals surface area contributed by atoms with E-state index in [4.69, 9.17) is 4.99 Å². The molecule has 0 bridgehead atoms. The third-order valence-corrected chi connectivity index (χ3v) is 4.06. The number of aliphatic imine (C=N–C) groups is 1. The van der Waals surface area contributed by atoms with Crippen LogP contribution in [0.25, 0.3) is 0 Å². The first-order valence-electron chi connectivity index (χ1n) is 7.42. The summed E-state index contributed by atoms with van der Waals surface area (Å²) in [5.74, 6) is 0. The van der Waals surface area contributed by atoms with Gasteiger partial charge in [-0.25, -0.2) is 0 Å². The first kappa shape index (κ1) is 12.8. The average molecular weight is 284 g/mol. The third-order valence-electron chi connectivity index (χ3n) is 4.06. The molecule has 0 spiro atoms. The molecule has 0 aliphatic carbocycles. The number of para-hydroxylation sites is 1. The molecule has 0 unspecified atom stereocenters. The number of fused-ring (bicyclic) bond motifs is 1. The molecule has 0 fully saturated rings. The Hall–Kier alpha value is -2.87. The number of benzene rings is 3. The van der Waals surface area contributed by atoms with Gasteiger partial charge in [0.2, 0.25) is 0 Å². The fraction of sp³-hybridized carbons (Fsp3) is 0.0500. The van der Waals surface area contributed by atoms with Gasteiger partial charge in [-0.3, -0.25) is 4.99 Å². The third kappa shape index (κ3) is 2.01. The van der Waals surface area contributed by atoms with Crippen LogP contribution in [0.2, 0.25) is 0 Å². The molecule has 1 aliphatic heterocycles. The molecule has 106 valence electrons. The molecule has 1 aliphatic rings. The van der Waals surface area contributed by atoms with Gasteiger partial charge in [0.25, 0.3) is 0 Å². The van der Waals surface area contributed by atoms with E-state index in [-0.39, 0.29) is 0 Å². The van der Waals surface area contributed by atoms with Crippen LogP contribution in [0, 0.1) is 0 Å². The Morgan fingerprint density at radius 2 is 1.18 bits per heavy atom. The standard InChI is InChI=1S/C20H16N2/c1-3-10-17(11-4-1)20(18-12-5-2-6-13-18)21-15-16-9-7-8-14-19(16)22-20/h1-15,22H. The van der Waals surface area contributed by atoms with Crippen molar-refractivity contribution in [2.24, 2.45) is 4.99 Å². The van der Waals surface area contributed by atoms with Crippen molar-refractivity contribution < 1.29 is 0 Å². The molecule has 1 N–H and O–H groups in total. The zero-order chi connectivity index (χ0) is 14.8. The summed E-state index contributed by atoms with van der Waals surface area (Å²) in [5.41, 5.74) is 3.91. The minimum Gasteiger partial charge on any atom is -0.353 e. The molecule has 0 amide bonds. The van der Waals surface area contributed by atoms with Crippen molar-refractivity contribution in [3.05, 3.63) is 102 Å². The molecule has 3 aromatic rings. The van der Waals surface area contributed by atoms with Crippen molar-refractivity contribution in [3.63, 3.8) is 0 Å². The highest BCUT2D eigenvalue weighted by Gasteiger charge is 2.35. The molecule has 3 aromatic carbocycles. The molecule has 0 saturated carbocycles. The number of anilines is 1. The molecular weight excluding hydrogens is 268 g/mol. The van der Waals surface area contributed by atoms with Crippen LogP contribution >= 0.6 is 0 Å². The molecule has 2 nitrogen and oxygen atoms in total. The predicted octanol–water partition coefficient (Wildman–Crippen LogP) is 4.43. The summed E-state index contributed by atoms with van der Waals surface area (Å²) in [7, 11) is 0. The van der Waals surface area contributed by atoms with Crippen molar-refractivity contribution in [2.75, 3.05) is 5.32 Å². The van der Waals surface area contributed by atoms with Crippen LogP contribution in [-0.4, -0.2) is 6.21 Å². The van der Waals surface area contributed by atoms with E-state index < -0.39 is 5.66 Å². The Labute approximate surface area is 130 Å². The normalized spacial score (nSPS) is 14.9. The fourth-order valence-corrected chi connectivity index (χ4v) is 2.94. The van der Waals surface area contributed by atoms with Gasteiger partial charge in [0.1, 0.15) is 0 Å². The van der Waals surface area contributed by atoms with Crippen LogP contribution in [0.1, 0.15) is 16.7 Å². The maximum absolute atomic E-state index is 4.91. The van der Waals surface area contributed by atoms with Crippen LogP contribution in [0.4, 0.5) is 5.69 Å². The van der Waals surface area contributed by atoms with Crippen LogP contribution in [-0.2, 0) is 5.66 Å². The number of hydrogen-bond donors (Lipinski definition) is 1. The lowest BCUT2D eigenvalue weighted by atomic mass is 9.89. The van der Waals surface area contributed by atoms with E-state index in [1.807, 2.05) is 30.5 Å². The van der Waals surface area contributed by atoms with E-state index in [0.29, 0.717) is 0 Å². The number of nitrogens with zero attached hydrogens (tertiary/aromatic N) is 1. The summed E-state index contributed by atoms with van der Waals surface area (Å²) in [6.45, 7) is 0. The van der Waals surface area contributed by atoms with Crippen molar-refractivity contribution >= 4 is 11.9 Å². The van der Waals surface area contributed by atoms with Gasteiger partial charge in [-0.2, -0.15) is 0 Å². The van der Waals surface area contributed by atoms with Gasteiger partial charge in [0.05, 0.1) is 0 Å². The maximum atomic E-state index is 4.91. The summed E-state index contributed by atoms with van der Waals surface area (Å²) in [6, 6.07) is 29.0. The van der Waals surface area contributed by atoms with E-state index in [1.54, 1.807) is 0 Å². The first-order valence-corrected chi connectivity index (χ1v) is 7.42. The minimum absolute atomic E-state index is 0.573. The second-order valence-electron chi connectivity index (χ2n) is 5.41. The second kappa shape index (κ2) is 5.15. The quantitative estimate of drug-likeness (QED) is 0.739. The zero-order valence-corrected chi connectivity index (χ0v) is 12.1. The smallest absolute Gasteiger partial charge is 0.181 e. The summed E-state index contributed by atoms with van der Waals surface area (Å²) in [6.07, 6.45) is 1.96. The lowest BCUT2D eigenvalue weighted by Crippen LogP contribution is -2.37. The van der Waals surface area contributed by atoms with Gasteiger partial charge in [0.15, 0.2) is 5.66 Å². The minimum atomic E-state index is -0.573. The Morgan fingerprint density at radius 3 is 1.82 bits per heavy atom. The lowest BCUT2D eigenvalue weighted by Gasteiger charge is -2.36. The molecule has 22 heavy (non-hydrogen) atoms. The zero-order valence-electron chi connectivity index (χ0n) is 12.1. The monoisotopic (exact) mass is 284 g/mol. The van der Waals surface area contributed by atoms with Crippen molar-refractivity contribution in [1.29, 1.82) is 0 Å². The van der Waals surface area contributed by atoms with Crippen LogP contribution in [0.3, 0.4) is 0 Å². The summed E-state index contributed by atoms with van der Waals surface area (Å²) in [4.78, 5) is 4.91. The Morgan fingerprint density at radius 1 is 0.636 bits per heavy atom. The molecule has 0 saturated heterocycles. The topological polar surface area (TPSA) is 24.4 Å². The first-order chi connectivity index (χ1) is 10.9. The Kier molecular flexibility index (Phi) is 3.01. The highest BCUT2D eigenvalue weighted by Crippen LogP contribution is 2.38. The number of nitrogens with one attached hydrogen (secondary N) is 1. The fourth-order valence-electron chi connectivity index (χ4n) is 2.94. The van der Waals surface area contributed by atoms with Crippen molar-refractivity contribution in [3.8, 4) is 0 Å². The van der Waals surface area contributed by atoms with Crippen molar-refractivity contribution in [1.82, 2.24) is 0 Å². The highest BCUT2D eigenvalue weighted by atomic mass is 15.2. The SMILES string of the molecule is C1=NC(c2ccccc2)(c2ccccc2)Nc2ccccc21. The van der Waals surface area contributed by atoms with Gasteiger partial charge in [0, 0.05) is 28.6 Å². The Balaban J connectivity index is 1.93. The summed E-state index contributed by atoms with van der Waals surface area (Å²) < 4.78 is 0. The van der Waals surface area contributed by atoms with Gasteiger partial charge < -0.3 is 5.32 Å². The molecule has 0 aromatic heterocycles. The van der Waals surface area contributed by atoms with Crippen molar-refractivity contribution in [2.45, 2.75) is 5.66 Å². The molecular formula is C20H16N2. The van der Waals surface area contributed by atoms with E-state index >= 15 is 0 Å². The maximum Gasteiger partial charge on any atom is 0.181 e. The van der Waals surface area contributed by atoms with E-state index in [2.05, 4.69) is 66.0 Å². The largest absolute Gasteiger partial charge is 0.353 e. The van der Waals surface area contributed by atoms with E-state index in [0.717, 1.165) is 22.4 Å². The molecule has 1 heterocycles. The average Bonchev–Trinajstić information content (AvgIpc) is 2.63. The molecule has 0 radical (unpaired) electrons. The molecule has 2 heteroatoms. The van der Waals surface area contributed by atoms with E-state index in [9.17, 15) is 0 Å². The van der Waals surface area contributed by atoms with Gasteiger partial charge in [-0.05, 0) is 6.07 Å². The van der Waals surface area contributed by atoms with Gasteiger partial charge >= 0.3 is 0 Å². The summed E-state index contributed by atoms with van der Waals surface area (Å²) >= 11 is 0. The highest BCUT2D eigenvalue weighted by molar-refractivity contribution is 5.91. The molecule has 4 rings (SSSR count). The lowest BCUT2D eigenvalue weighted by molar-refractivity contribution is 0.623. The van der Waals surface area contributed by atoms with Gasteiger partial charge in [-0.15, -0.1) is 0 Å². The van der Waals surface area contributed by atoms with Crippen LogP contribution in [0.15, 0.2) is 89.9 Å². The number of rotatable bonds is 2.